The van der Waals surface area contributed by atoms with E-state index in [1.54, 1.807) is 11.8 Å². The number of thioether (sulfide) groups is 1. The van der Waals surface area contributed by atoms with E-state index < -0.39 is 0 Å². The minimum atomic E-state index is -0.0620. The second-order valence-electron chi connectivity index (χ2n) is 9.51. The lowest BCUT2D eigenvalue weighted by atomic mass is 10.1. The smallest absolute Gasteiger partial charge is 0.287 e. The Labute approximate surface area is 223 Å². The monoisotopic (exact) mass is 511 g/mol. The summed E-state index contributed by atoms with van der Waals surface area (Å²) >= 11 is 1.60. The molecule has 1 fully saturated rings. The van der Waals surface area contributed by atoms with Crippen LogP contribution in [0.4, 0.5) is 11.4 Å². The first-order chi connectivity index (χ1) is 18.1. The Kier molecular flexibility index (Phi) is 7.92. The van der Waals surface area contributed by atoms with Crippen LogP contribution in [0.3, 0.4) is 0 Å². The Morgan fingerprint density at radius 3 is 2.11 bits per heavy atom. The number of para-hydroxylation sites is 1. The molecule has 0 aliphatic carbocycles. The van der Waals surface area contributed by atoms with E-state index in [4.69, 9.17) is 0 Å². The Morgan fingerprint density at radius 2 is 1.46 bits per heavy atom. The maximum Gasteiger partial charge on any atom is 0.287 e. The van der Waals surface area contributed by atoms with Crippen LogP contribution in [0, 0.1) is 0 Å². The van der Waals surface area contributed by atoms with Gasteiger partial charge >= 0.3 is 0 Å². The first kappa shape index (κ1) is 25.1. The molecular formula is C30H33N5OS. The summed E-state index contributed by atoms with van der Waals surface area (Å²) in [5, 5.41) is 4.58. The minimum absolute atomic E-state index is 0.0620. The molecule has 6 nitrogen and oxygen atoms in total. The number of hydrogen-bond donors (Lipinski definition) is 0. The molecule has 4 aromatic rings. The van der Waals surface area contributed by atoms with Crippen LogP contribution in [0.5, 0.6) is 0 Å². The average molecular weight is 512 g/mol. The number of benzene rings is 3. The zero-order chi connectivity index (χ0) is 25.6. The number of anilines is 2. The fourth-order valence-corrected chi connectivity index (χ4v) is 5.62. The standard InChI is InChI=1S/C30H33N5OS/c1-32(2)26-15-13-24(14-16-26)22-33-17-19-34(20-18-33)28-21-31-35(27-11-7-4-8-12-27)30(36)29(28)37-23-25-9-5-3-6-10-25/h3-16,21H,17-20,22-23H2,1-2H3. The third-order valence-corrected chi connectivity index (χ3v) is 7.86. The summed E-state index contributed by atoms with van der Waals surface area (Å²) in [6.07, 6.45) is 1.87. The Morgan fingerprint density at radius 1 is 0.811 bits per heavy atom. The van der Waals surface area contributed by atoms with Crippen molar-refractivity contribution in [1.29, 1.82) is 0 Å². The highest BCUT2D eigenvalue weighted by Gasteiger charge is 2.23. The molecule has 1 aliphatic rings. The third kappa shape index (κ3) is 6.06. The Balaban J connectivity index is 1.33. The zero-order valence-electron chi connectivity index (χ0n) is 21.5. The van der Waals surface area contributed by atoms with Gasteiger partial charge in [0, 0.05) is 58.3 Å². The molecule has 0 N–H and O–H groups in total. The highest BCUT2D eigenvalue weighted by atomic mass is 32.2. The van der Waals surface area contributed by atoms with E-state index in [0.29, 0.717) is 0 Å². The summed E-state index contributed by atoms with van der Waals surface area (Å²) in [6, 6.07) is 28.7. The SMILES string of the molecule is CN(C)c1ccc(CN2CCN(c3cnn(-c4ccccc4)c(=O)c3SCc3ccccc3)CC2)cc1. The van der Waals surface area contributed by atoms with Gasteiger partial charge in [-0.05, 0) is 35.4 Å². The molecule has 0 atom stereocenters. The molecule has 5 rings (SSSR count). The van der Waals surface area contributed by atoms with Crippen molar-refractivity contribution in [2.45, 2.75) is 17.2 Å². The summed E-state index contributed by atoms with van der Waals surface area (Å²) < 4.78 is 1.52. The van der Waals surface area contributed by atoms with Crippen molar-refractivity contribution in [2.75, 3.05) is 50.1 Å². The quantitative estimate of drug-likeness (QED) is 0.313. The van der Waals surface area contributed by atoms with E-state index in [1.807, 2.05) is 54.7 Å². The van der Waals surface area contributed by atoms with Gasteiger partial charge < -0.3 is 9.80 Å². The van der Waals surface area contributed by atoms with Gasteiger partial charge in [0.05, 0.1) is 17.6 Å². The maximum absolute atomic E-state index is 13.7. The lowest BCUT2D eigenvalue weighted by Crippen LogP contribution is -2.46. The topological polar surface area (TPSA) is 44.6 Å². The fraction of sp³-hybridized carbons (Fsp3) is 0.267. The first-order valence-electron chi connectivity index (χ1n) is 12.7. The molecule has 0 saturated carbocycles. The highest BCUT2D eigenvalue weighted by molar-refractivity contribution is 7.98. The van der Waals surface area contributed by atoms with E-state index in [0.717, 1.165) is 54.7 Å². The van der Waals surface area contributed by atoms with Gasteiger partial charge in [-0.15, -0.1) is 11.8 Å². The summed E-state index contributed by atoms with van der Waals surface area (Å²) in [4.78, 5) is 21.4. The van der Waals surface area contributed by atoms with Crippen LogP contribution in [-0.4, -0.2) is 55.0 Å². The first-order valence-corrected chi connectivity index (χ1v) is 13.6. The van der Waals surface area contributed by atoms with Gasteiger partial charge in [-0.1, -0.05) is 60.7 Å². The van der Waals surface area contributed by atoms with Crippen molar-refractivity contribution in [3.63, 3.8) is 0 Å². The van der Waals surface area contributed by atoms with E-state index in [-0.39, 0.29) is 5.56 Å². The fourth-order valence-electron chi connectivity index (χ4n) is 4.58. The largest absolute Gasteiger partial charge is 0.378 e. The van der Waals surface area contributed by atoms with Crippen LogP contribution in [0.2, 0.25) is 0 Å². The molecule has 0 radical (unpaired) electrons. The van der Waals surface area contributed by atoms with Crippen LogP contribution < -0.4 is 15.4 Å². The molecule has 0 spiro atoms. The second kappa shape index (κ2) is 11.7. The molecule has 7 heteroatoms. The predicted octanol–water partition coefficient (Wildman–Crippen LogP) is 4.91. The molecule has 1 aromatic heterocycles. The molecular weight excluding hydrogens is 478 g/mol. The predicted molar refractivity (Wildman–Crippen MR) is 154 cm³/mol. The van der Waals surface area contributed by atoms with Gasteiger partial charge in [0.2, 0.25) is 0 Å². The normalized spacial score (nSPS) is 14.1. The van der Waals surface area contributed by atoms with Crippen molar-refractivity contribution in [2.24, 2.45) is 0 Å². The number of rotatable bonds is 8. The molecule has 0 unspecified atom stereocenters. The van der Waals surface area contributed by atoms with Gasteiger partial charge in [0.15, 0.2) is 0 Å². The van der Waals surface area contributed by atoms with Crippen molar-refractivity contribution < 1.29 is 0 Å². The Bertz CT molecular complexity index is 1350. The summed E-state index contributed by atoms with van der Waals surface area (Å²) in [5.41, 5.74) is 5.40. The van der Waals surface area contributed by atoms with Gasteiger partial charge in [-0.2, -0.15) is 9.78 Å². The highest BCUT2D eigenvalue weighted by Crippen LogP contribution is 2.30. The van der Waals surface area contributed by atoms with E-state index in [2.05, 4.69) is 70.3 Å². The third-order valence-electron chi connectivity index (χ3n) is 6.71. The van der Waals surface area contributed by atoms with Crippen molar-refractivity contribution in [3.05, 3.63) is 113 Å². The molecule has 3 aromatic carbocycles. The van der Waals surface area contributed by atoms with Crippen LogP contribution in [0.25, 0.3) is 5.69 Å². The molecule has 37 heavy (non-hydrogen) atoms. The lowest BCUT2D eigenvalue weighted by Gasteiger charge is -2.36. The van der Waals surface area contributed by atoms with Crippen LogP contribution in [-0.2, 0) is 12.3 Å². The van der Waals surface area contributed by atoms with Gasteiger partial charge in [-0.25, -0.2) is 0 Å². The van der Waals surface area contributed by atoms with Crippen LogP contribution in [0.15, 0.2) is 101 Å². The van der Waals surface area contributed by atoms with Crippen LogP contribution >= 0.6 is 11.8 Å². The lowest BCUT2D eigenvalue weighted by molar-refractivity contribution is 0.249. The minimum Gasteiger partial charge on any atom is -0.378 e. The maximum atomic E-state index is 13.7. The molecule has 1 aliphatic heterocycles. The van der Waals surface area contributed by atoms with Crippen molar-refractivity contribution in [1.82, 2.24) is 14.7 Å². The van der Waals surface area contributed by atoms with Gasteiger partial charge in [0.1, 0.15) is 4.90 Å². The summed E-state index contributed by atoms with van der Waals surface area (Å²) in [6.45, 7) is 4.56. The molecule has 1 saturated heterocycles. The zero-order valence-corrected chi connectivity index (χ0v) is 22.3. The molecule has 190 valence electrons. The number of nitrogens with zero attached hydrogens (tertiary/aromatic N) is 5. The van der Waals surface area contributed by atoms with Gasteiger partial charge in [0.25, 0.3) is 5.56 Å². The second-order valence-corrected chi connectivity index (χ2v) is 10.5. The average Bonchev–Trinajstić information content (AvgIpc) is 2.94. The molecule has 0 bridgehead atoms. The van der Waals surface area contributed by atoms with Crippen molar-refractivity contribution >= 4 is 23.1 Å². The molecule has 0 amide bonds. The van der Waals surface area contributed by atoms with E-state index in [9.17, 15) is 4.79 Å². The van der Waals surface area contributed by atoms with E-state index >= 15 is 0 Å². The van der Waals surface area contributed by atoms with Crippen LogP contribution in [0.1, 0.15) is 11.1 Å². The number of hydrogen-bond acceptors (Lipinski definition) is 6. The van der Waals surface area contributed by atoms with Crippen molar-refractivity contribution in [3.8, 4) is 5.69 Å². The van der Waals surface area contributed by atoms with E-state index in [1.165, 1.54) is 21.5 Å². The van der Waals surface area contributed by atoms with Gasteiger partial charge in [-0.3, -0.25) is 9.69 Å². The Hall–Kier alpha value is -3.55. The summed E-state index contributed by atoms with van der Waals surface area (Å²) in [7, 11) is 4.13. The molecule has 2 heterocycles. The summed E-state index contributed by atoms with van der Waals surface area (Å²) in [5.74, 6) is 0.741. The number of aromatic nitrogens is 2. The number of piperazine rings is 1.